The summed E-state index contributed by atoms with van der Waals surface area (Å²) in [5.74, 6) is 0. The highest BCUT2D eigenvalue weighted by Gasteiger charge is 2.15. The van der Waals surface area contributed by atoms with Gasteiger partial charge in [0.1, 0.15) is 0 Å². The van der Waals surface area contributed by atoms with Crippen LogP contribution in [0.3, 0.4) is 0 Å². The van der Waals surface area contributed by atoms with Crippen molar-refractivity contribution in [1.29, 1.82) is 5.26 Å². The third kappa shape index (κ3) is 1.89. The molecule has 0 unspecified atom stereocenters. The van der Waals surface area contributed by atoms with Gasteiger partial charge in [-0.3, -0.25) is 0 Å². The predicted molar refractivity (Wildman–Crippen MR) is 68.3 cm³/mol. The summed E-state index contributed by atoms with van der Waals surface area (Å²) < 4.78 is 2.01. The van der Waals surface area contributed by atoms with Crippen molar-refractivity contribution in [2.24, 2.45) is 0 Å². The van der Waals surface area contributed by atoms with Crippen LogP contribution < -0.4 is 5.32 Å². The van der Waals surface area contributed by atoms with Gasteiger partial charge in [-0.15, -0.1) is 0 Å². The van der Waals surface area contributed by atoms with E-state index in [9.17, 15) is 0 Å². The summed E-state index contributed by atoms with van der Waals surface area (Å²) in [4.78, 5) is 0. The van der Waals surface area contributed by atoms with Crippen LogP contribution in [-0.4, -0.2) is 16.3 Å². The lowest BCUT2D eigenvalue weighted by molar-refractivity contribution is 0.623. The first-order chi connectivity index (χ1) is 8.88. The first kappa shape index (κ1) is 11.0. The Kier molecular flexibility index (Phi) is 2.83. The van der Waals surface area contributed by atoms with Crippen LogP contribution in [-0.2, 0) is 19.4 Å². The number of hydrogen-bond acceptors (Lipinski definition) is 3. The van der Waals surface area contributed by atoms with Gasteiger partial charge in [-0.2, -0.15) is 10.4 Å². The minimum Gasteiger partial charge on any atom is -0.312 e. The van der Waals surface area contributed by atoms with E-state index < -0.39 is 0 Å². The number of aromatic nitrogens is 2. The molecule has 1 N–H and O–H groups in total. The summed E-state index contributed by atoms with van der Waals surface area (Å²) in [6.07, 6.45) is 3.40. The SMILES string of the molecule is N#CCc1ccc(-n2ncc3c2CCNC3)cc1. The van der Waals surface area contributed by atoms with Crippen molar-refractivity contribution in [3.8, 4) is 11.8 Å². The van der Waals surface area contributed by atoms with Crippen molar-refractivity contribution in [1.82, 2.24) is 15.1 Å². The highest BCUT2D eigenvalue weighted by atomic mass is 15.3. The standard InChI is InChI=1S/C14H14N4/c15-7-5-11-1-3-13(4-2-11)18-14-6-8-16-9-12(14)10-17-18/h1-4,10,16H,5-6,8-9H2. The minimum absolute atomic E-state index is 0.460. The van der Waals surface area contributed by atoms with Gasteiger partial charge in [0.2, 0.25) is 0 Å². The summed E-state index contributed by atoms with van der Waals surface area (Å²) in [6.45, 7) is 1.91. The summed E-state index contributed by atoms with van der Waals surface area (Å²) in [7, 11) is 0. The maximum Gasteiger partial charge on any atom is 0.0669 e. The van der Waals surface area contributed by atoms with Crippen LogP contribution in [0.25, 0.3) is 5.69 Å². The number of hydrogen-bond donors (Lipinski definition) is 1. The van der Waals surface area contributed by atoms with E-state index in [1.54, 1.807) is 0 Å². The number of nitrogens with zero attached hydrogens (tertiary/aromatic N) is 3. The van der Waals surface area contributed by atoms with Crippen molar-refractivity contribution in [2.75, 3.05) is 6.54 Å². The molecule has 0 saturated heterocycles. The number of rotatable bonds is 2. The van der Waals surface area contributed by atoms with Crippen LogP contribution in [0.2, 0.25) is 0 Å². The molecule has 4 heteroatoms. The monoisotopic (exact) mass is 238 g/mol. The Morgan fingerprint density at radius 3 is 2.94 bits per heavy atom. The van der Waals surface area contributed by atoms with Crippen LogP contribution in [0.5, 0.6) is 0 Å². The summed E-state index contributed by atoms with van der Waals surface area (Å²) >= 11 is 0. The zero-order valence-electron chi connectivity index (χ0n) is 10.1. The second-order valence-electron chi connectivity index (χ2n) is 4.46. The van der Waals surface area contributed by atoms with Crippen LogP contribution >= 0.6 is 0 Å². The normalized spacial score (nSPS) is 13.9. The fraction of sp³-hybridized carbons (Fsp3) is 0.286. The molecule has 0 radical (unpaired) electrons. The van der Waals surface area contributed by atoms with E-state index >= 15 is 0 Å². The maximum atomic E-state index is 8.66. The Bertz CT molecular complexity index is 589. The molecule has 0 amide bonds. The van der Waals surface area contributed by atoms with E-state index in [1.807, 2.05) is 35.1 Å². The molecule has 1 aliphatic heterocycles. The molecule has 1 aromatic carbocycles. The molecule has 4 nitrogen and oxygen atoms in total. The van der Waals surface area contributed by atoms with Crippen molar-refractivity contribution in [3.05, 3.63) is 47.3 Å². The Morgan fingerprint density at radius 2 is 2.17 bits per heavy atom. The Labute approximate surface area is 106 Å². The lowest BCUT2D eigenvalue weighted by Gasteiger charge is -2.15. The van der Waals surface area contributed by atoms with Gasteiger partial charge in [0.05, 0.1) is 24.4 Å². The van der Waals surface area contributed by atoms with E-state index in [-0.39, 0.29) is 0 Å². The average molecular weight is 238 g/mol. The topological polar surface area (TPSA) is 53.6 Å². The number of nitrogens with one attached hydrogen (secondary N) is 1. The summed E-state index contributed by atoms with van der Waals surface area (Å²) in [5, 5.41) is 16.5. The maximum absolute atomic E-state index is 8.66. The second-order valence-corrected chi connectivity index (χ2v) is 4.46. The van der Waals surface area contributed by atoms with Gasteiger partial charge in [-0.25, -0.2) is 4.68 Å². The molecule has 1 aliphatic rings. The van der Waals surface area contributed by atoms with Gasteiger partial charge in [0.25, 0.3) is 0 Å². The second kappa shape index (κ2) is 4.63. The van der Waals surface area contributed by atoms with Crippen molar-refractivity contribution in [3.63, 3.8) is 0 Å². The predicted octanol–water partition coefficient (Wildman–Crippen LogP) is 1.58. The molecule has 90 valence electrons. The van der Waals surface area contributed by atoms with E-state index in [4.69, 9.17) is 5.26 Å². The first-order valence-electron chi connectivity index (χ1n) is 6.11. The quantitative estimate of drug-likeness (QED) is 0.864. The number of nitriles is 1. The van der Waals surface area contributed by atoms with E-state index in [1.165, 1.54) is 11.3 Å². The molecule has 0 atom stereocenters. The lowest BCUT2D eigenvalue weighted by Crippen LogP contribution is -2.24. The molecule has 0 aliphatic carbocycles. The Balaban J connectivity index is 1.95. The number of benzene rings is 1. The third-order valence-electron chi connectivity index (χ3n) is 3.27. The van der Waals surface area contributed by atoms with Gasteiger partial charge in [0, 0.05) is 30.8 Å². The smallest absolute Gasteiger partial charge is 0.0669 e. The molecule has 0 spiro atoms. The van der Waals surface area contributed by atoms with Crippen LogP contribution in [0.15, 0.2) is 30.5 Å². The first-order valence-corrected chi connectivity index (χ1v) is 6.11. The van der Waals surface area contributed by atoms with Gasteiger partial charge in [-0.05, 0) is 17.7 Å². The molecular formula is C14H14N4. The van der Waals surface area contributed by atoms with Crippen LogP contribution in [0.4, 0.5) is 0 Å². The molecular weight excluding hydrogens is 224 g/mol. The Hall–Kier alpha value is -2.12. The largest absolute Gasteiger partial charge is 0.312 e. The zero-order valence-corrected chi connectivity index (χ0v) is 10.1. The number of fused-ring (bicyclic) bond motifs is 1. The highest BCUT2D eigenvalue weighted by molar-refractivity contribution is 5.38. The van der Waals surface area contributed by atoms with E-state index in [0.717, 1.165) is 30.8 Å². The van der Waals surface area contributed by atoms with Crippen molar-refractivity contribution >= 4 is 0 Å². The molecule has 18 heavy (non-hydrogen) atoms. The zero-order chi connectivity index (χ0) is 12.4. The fourth-order valence-electron chi connectivity index (χ4n) is 2.32. The van der Waals surface area contributed by atoms with Gasteiger partial charge in [0.15, 0.2) is 0 Å². The molecule has 2 heterocycles. The molecule has 3 rings (SSSR count). The van der Waals surface area contributed by atoms with Crippen LogP contribution in [0.1, 0.15) is 16.8 Å². The molecule has 0 fully saturated rings. The van der Waals surface area contributed by atoms with Crippen molar-refractivity contribution in [2.45, 2.75) is 19.4 Å². The third-order valence-corrected chi connectivity index (χ3v) is 3.27. The molecule has 2 aromatic rings. The molecule has 0 saturated carbocycles. The molecule has 1 aromatic heterocycles. The fourth-order valence-corrected chi connectivity index (χ4v) is 2.32. The van der Waals surface area contributed by atoms with E-state index in [2.05, 4.69) is 16.5 Å². The van der Waals surface area contributed by atoms with Gasteiger partial charge < -0.3 is 5.32 Å². The van der Waals surface area contributed by atoms with Gasteiger partial charge >= 0.3 is 0 Å². The van der Waals surface area contributed by atoms with Gasteiger partial charge in [-0.1, -0.05) is 12.1 Å². The lowest BCUT2D eigenvalue weighted by atomic mass is 10.1. The minimum atomic E-state index is 0.460. The Morgan fingerprint density at radius 1 is 1.33 bits per heavy atom. The average Bonchev–Trinajstić information content (AvgIpc) is 2.84. The summed E-state index contributed by atoms with van der Waals surface area (Å²) in [5.41, 5.74) is 4.69. The van der Waals surface area contributed by atoms with E-state index in [0.29, 0.717) is 6.42 Å². The highest BCUT2D eigenvalue weighted by Crippen LogP contribution is 2.18. The molecule has 0 bridgehead atoms. The summed E-state index contributed by atoms with van der Waals surface area (Å²) in [6, 6.07) is 10.2. The van der Waals surface area contributed by atoms with Crippen LogP contribution in [0, 0.1) is 11.3 Å². The van der Waals surface area contributed by atoms with Crippen molar-refractivity contribution < 1.29 is 0 Å².